The number of aryl methyl sites for hydroxylation is 1. The molecule has 1 N–H and O–H groups in total. The summed E-state index contributed by atoms with van der Waals surface area (Å²) < 4.78 is 0. The summed E-state index contributed by atoms with van der Waals surface area (Å²) in [6.45, 7) is 0. The molecule has 1 nitrogen and oxygen atoms in total. The van der Waals surface area contributed by atoms with Crippen LogP contribution in [0.15, 0.2) is 18.2 Å². The molecule has 0 spiro atoms. The molecule has 0 saturated carbocycles. The molecule has 0 amide bonds. The van der Waals surface area contributed by atoms with E-state index in [1.807, 2.05) is 13.1 Å². The van der Waals surface area contributed by atoms with Crippen LogP contribution in [0.4, 0.5) is 0 Å². The Labute approximate surface area is 77.7 Å². The van der Waals surface area contributed by atoms with E-state index in [4.69, 9.17) is 11.6 Å². The average molecular weight is 182 g/mol. The van der Waals surface area contributed by atoms with E-state index in [1.165, 1.54) is 17.5 Å². The molecular weight excluding hydrogens is 170 g/mol. The molecule has 64 valence electrons. The summed E-state index contributed by atoms with van der Waals surface area (Å²) >= 11 is 5.89. The Balaban J connectivity index is 2.40. The summed E-state index contributed by atoms with van der Waals surface area (Å²) in [6.07, 6.45) is 2.35. The second-order valence-corrected chi connectivity index (χ2v) is 3.66. The Hall–Kier alpha value is -0.530. The van der Waals surface area contributed by atoms with Gasteiger partial charge in [-0.3, -0.25) is 0 Å². The SMILES string of the molecule is CN[C@@H]1CCc2cc(Cl)ccc21. The lowest BCUT2D eigenvalue weighted by Gasteiger charge is -2.09. The molecule has 0 saturated heterocycles. The van der Waals surface area contributed by atoms with E-state index in [0.717, 1.165) is 11.4 Å². The maximum Gasteiger partial charge on any atom is 0.0408 e. The molecule has 2 rings (SSSR count). The van der Waals surface area contributed by atoms with Gasteiger partial charge in [0.25, 0.3) is 0 Å². The molecule has 12 heavy (non-hydrogen) atoms. The van der Waals surface area contributed by atoms with Crippen LogP contribution >= 0.6 is 11.6 Å². The maximum atomic E-state index is 5.89. The van der Waals surface area contributed by atoms with Gasteiger partial charge in [-0.2, -0.15) is 0 Å². The van der Waals surface area contributed by atoms with Crippen LogP contribution in [0.5, 0.6) is 0 Å². The van der Waals surface area contributed by atoms with Crippen LogP contribution < -0.4 is 5.32 Å². The molecule has 0 unspecified atom stereocenters. The summed E-state index contributed by atoms with van der Waals surface area (Å²) in [5, 5.41) is 4.15. The Bertz CT molecular complexity index is 296. The van der Waals surface area contributed by atoms with Crippen molar-refractivity contribution in [2.75, 3.05) is 7.05 Å². The highest BCUT2D eigenvalue weighted by Gasteiger charge is 2.20. The van der Waals surface area contributed by atoms with Gasteiger partial charge in [0, 0.05) is 11.1 Å². The van der Waals surface area contributed by atoms with E-state index < -0.39 is 0 Å². The van der Waals surface area contributed by atoms with Gasteiger partial charge in [0.15, 0.2) is 0 Å². The van der Waals surface area contributed by atoms with Gasteiger partial charge in [-0.05, 0) is 43.1 Å². The Morgan fingerprint density at radius 1 is 1.50 bits per heavy atom. The third kappa shape index (κ3) is 1.23. The summed E-state index contributed by atoms with van der Waals surface area (Å²) in [7, 11) is 2.01. The molecule has 1 aliphatic rings. The molecule has 0 aromatic heterocycles. The molecule has 1 atom stereocenters. The van der Waals surface area contributed by atoms with Gasteiger partial charge in [-0.1, -0.05) is 17.7 Å². The third-order valence-corrected chi connectivity index (χ3v) is 2.77. The number of halogens is 1. The van der Waals surface area contributed by atoms with Gasteiger partial charge in [0.1, 0.15) is 0 Å². The Morgan fingerprint density at radius 2 is 2.33 bits per heavy atom. The van der Waals surface area contributed by atoms with Crippen LogP contribution in [0.3, 0.4) is 0 Å². The minimum Gasteiger partial charge on any atom is -0.313 e. The molecule has 0 fully saturated rings. The van der Waals surface area contributed by atoms with Crippen molar-refractivity contribution in [2.45, 2.75) is 18.9 Å². The minimum atomic E-state index is 0.539. The summed E-state index contributed by atoms with van der Waals surface area (Å²) in [5.74, 6) is 0. The smallest absolute Gasteiger partial charge is 0.0408 e. The predicted octanol–water partition coefficient (Wildman–Crippen LogP) is 2.55. The van der Waals surface area contributed by atoms with Crippen molar-refractivity contribution in [3.63, 3.8) is 0 Å². The maximum absolute atomic E-state index is 5.89. The largest absolute Gasteiger partial charge is 0.313 e. The van der Waals surface area contributed by atoms with Crippen LogP contribution in [-0.2, 0) is 6.42 Å². The van der Waals surface area contributed by atoms with E-state index in [2.05, 4.69) is 17.4 Å². The highest BCUT2D eigenvalue weighted by Crippen LogP contribution is 2.32. The Kier molecular flexibility index (Phi) is 2.07. The monoisotopic (exact) mass is 181 g/mol. The zero-order chi connectivity index (χ0) is 8.55. The quantitative estimate of drug-likeness (QED) is 0.702. The van der Waals surface area contributed by atoms with E-state index in [-0.39, 0.29) is 0 Å². The van der Waals surface area contributed by atoms with Gasteiger partial charge in [-0.15, -0.1) is 0 Å². The number of rotatable bonds is 1. The molecule has 1 aromatic rings. The average Bonchev–Trinajstić information content (AvgIpc) is 2.46. The molecule has 0 aliphatic heterocycles. The highest BCUT2D eigenvalue weighted by molar-refractivity contribution is 6.30. The standard InChI is InChI=1S/C10H12ClN/c1-12-10-5-2-7-6-8(11)3-4-9(7)10/h3-4,6,10,12H,2,5H2,1H3/t10-/m1/s1. The minimum absolute atomic E-state index is 0.539. The zero-order valence-electron chi connectivity index (χ0n) is 7.10. The van der Waals surface area contributed by atoms with Crippen LogP contribution in [0.2, 0.25) is 5.02 Å². The Morgan fingerprint density at radius 3 is 3.08 bits per heavy atom. The molecule has 0 bridgehead atoms. The summed E-state index contributed by atoms with van der Waals surface area (Å²) in [4.78, 5) is 0. The number of fused-ring (bicyclic) bond motifs is 1. The van der Waals surface area contributed by atoms with E-state index in [0.29, 0.717) is 6.04 Å². The number of hydrogen-bond acceptors (Lipinski definition) is 1. The first-order chi connectivity index (χ1) is 5.81. The number of hydrogen-bond donors (Lipinski definition) is 1. The van der Waals surface area contributed by atoms with Crippen LogP contribution in [0.1, 0.15) is 23.6 Å². The fraction of sp³-hybridized carbons (Fsp3) is 0.400. The molecule has 2 heteroatoms. The second-order valence-electron chi connectivity index (χ2n) is 3.22. The number of benzene rings is 1. The van der Waals surface area contributed by atoms with Crippen molar-refractivity contribution in [3.8, 4) is 0 Å². The predicted molar refractivity (Wildman–Crippen MR) is 51.6 cm³/mol. The van der Waals surface area contributed by atoms with Crippen molar-refractivity contribution in [1.82, 2.24) is 5.32 Å². The van der Waals surface area contributed by atoms with Crippen molar-refractivity contribution in [1.29, 1.82) is 0 Å². The van der Waals surface area contributed by atoms with Crippen LogP contribution in [0.25, 0.3) is 0 Å². The van der Waals surface area contributed by atoms with Gasteiger partial charge < -0.3 is 5.32 Å². The topological polar surface area (TPSA) is 12.0 Å². The van der Waals surface area contributed by atoms with E-state index in [1.54, 1.807) is 0 Å². The normalized spacial score (nSPS) is 21.0. The van der Waals surface area contributed by atoms with Crippen molar-refractivity contribution in [2.24, 2.45) is 0 Å². The summed E-state index contributed by atoms with van der Waals surface area (Å²) in [5.41, 5.74) is 2.82. The van der Waals surface area contributed by atoms with Gasteiger partial charge in [-0.25, -0.2) is 0 Å². The highest BCUT2D eigenvalue weighted by atomic mass is 35.5. The zero-order valence-corrected chi connectivity index (χ0v) is 7.86. The fourth-order valence-corrected chi connectivity index (χ4v) is 2.08. The van der Waals surface area contributed by atoms with Crippen LogP contribution in [0, 0.1) is 0 Å². The molecule has 1 aliphatic carbocycles. The van der Waals surface area contributed by atoms with E-state index >= 15 is 0 Å². The second kappa shape index (κ2) is 3.08. The lowest BCUT2D eigenvalue weighted by Crippen LogP contribution is -2.12. The molecular formula is C10H12ClN. The molecule has 1 aromatic carbocycles. The first-order valence-electron chi connectivity index (χ1n) is 4.27. The molecule has 0 radical (unpaired) electrons. The van der Waals surface area contributed by atoms with Crippen molar-refractivity contribution < 1.29 is 0 Å². The van der Waals surface area contributed by atoms with Crippen molar-refractivity contribution >= 4 is 11.6 Å². The summed E-state index contributed by atoms with van der Waals surface area (Å²) in [6, 6.07) is 6.72. The number of nitrogens with one attached hydrogen (secondary N) is 1. The lowest BCUT2D eigenvalue weighted by molar-refractivity contribution is 0.590. The van der Waals surface area contributed by atoms with Crippen LogP contribution in [-0.4, -0.2) is 7.05 Å². The lowest BCUT2D eigenvalue weighted by atomic mass is 10.1. The first kappa shape index (κ1) is 8.09. The molecule has 0 heterocycles. The van der Waals surface area contributed by atoms with Crippen molar-refractivity contribution in [3.05, 3.63) is 34.3 Å². The van der Waals surface area contributed by atoms with Gasteiger partial charge >= 0.3 is 0 Å². The van der Waals surface area contributed by atoms with Gasteiger partial charge in [0.2, 0.25) is 0 Å². The third-order valence-electron chi connectivity index (χ3n) is 2.53. The first-order valence-corrected chi connectivity index (χ1v) is 4.64. The van der Waals surface area contributed by atoms with E-state index in [9.17, 15) is 0 Å². The fourth-order valence-electron chi connectivity index (χ4n) is 1.89. The van der Waals surface area contributed by atoms with Gasteiger partial charge in [0.05, 0.1) is 0 Å².